The smallest absolute Gasteiger partial charge is 0.372 e. The number of anilines is 1. The molecule has 0 bridgehead atoms. The molecule has 0 unspecified atom stereocenters. The van der Waals surface area contributed by atoms with Crippen LogP contribution >= 0.6 is 0 Å². The van der Waals surface area contributed by atoms with Crippen molar-refractivity contribution in [3.63, 3.8) is 0 Å². The monoisotopic (exact) mass is 539 g/mol. The normalized spacial score (nSPS) is 38.2. The summed E-state index contributed by atoms with van der Waals surface area (Å²) in [4.78, 5) is 26.1. The number of carbonyl (C=O) groups is 2. The van der Waals surface area contributed by atoms with E-state index in [2.05, 4.69) is 25.7 Å². The predicted octanol–water partition coefficient (Wildman–Crippen LogP) is 6.11. The van der Waals surface area contributed by atoms with Crippen molar-refractivity contribution in [3.05, 3.63) is 24.5 Å². The van der Waals surface area contributed by atoms with E-state index in [1.165, 1.54) is 44.9 Å². The molecular weight excluding hydrogens is 488 g/mol. The third kappa shape index (κ3) is 5.46. The van der Waals surface area contributed by atoms with Gasteiger partial charge in [0, 0.05) is 38.3 Å². The van der Waals surface area contributed by atoms with E-state index >= 15 is 0 Å². The molecular formula is C33H51N2O4+. The molecule has 1 N–H and O–H groups in total. The second-order valence-corrected chi connectivity index (χ2v) is 14.3. The molecule has 6 heteroatoms. The second-order valence-electron chi connectivity index (χ2n) is 14.3. The van der Waals surface area contributed by atoms with Gasteiger partial charge in [-0.3, -0.25) is 4.79 Å². The molecule has 4 fully saturated rings. The van der Waals surface area contributed by atoms with E-state index in [9.17, 15) is 14.7 Å². The summed E-state index contributed by atoms with van der Waals surface area (Å²) in [5.74, 6) is 3.41. The zero-order valence-corrected chi connectivity index (χ0v) is 24.9. The molecule has 39 heavy (non-hydrogen) atoms. The van der Waals surface area contributed by atoms with Crippen LogP contribution in [0.1, 0.15) is 91.4 Å². The molecule has 1 aromatic heterocycles. The van der Waals surface area contributed by atoms with Crippen LogP contribution in [0.5, 0.6) is 0 Å². The van der Waals surface area contributed by atoms with Gasteiger partial charge in [-0.1, -0.05) is 20.8 Å². The molecule has 1 aromatic rings. The summed E-state index contributed by atoms with van der Waals surface area (Å²) in [6.07, 6.45) is 16.0. The van der Waals surface area contributed by atoms with Crippen LogP contribution in [0.3, 0.4) is 0 Å². The van der Waals surface area contributed by atoms with Gasteiger partial charge in [-0.25, -0.2) is 4.79 Å². The number of nitrogens with zero attached hydrogens (tertiary/aromatic N) is 2. The number of aliphatic carboxylic acids is 1. The first kappa shape index (κ1) is 28.4. The van der Waals surface area contributed by atoms with Gasteiger partial charge in [0.25, 0.3) is 0 Å². The number of fused-ring (bicyclic) bond motifs is 5. The van der Waals surface area contributed by atoms with Gasteiger partial charge in [0.2, 0.25) is 6.54 Å². The van der Waals surface area contributed by atoms with E-state index in [1.54, 1.807) is 0 Å². The van der Waals surface area contributed by atoms with Crippen molar-refractivity contribution in [2.45, 2.75) is 104 Å². The molecule has 9 atom stereocenters. The number of aromatic nitrogens is 1. The number of esters is 1. The average molecular weight is 540 g/mol. The molecule has 6 nitrogen and oxygen atoms in total. The van der Waals surface area contributed by atoms with E-state index in [4.69, 9.17) is 4.74 Å². The Labute approximate surface area is 235 Å². The first-order valence-electron chi connectivity index (χ1n) is 15.6. The quantitative estimate of drug-likeness (QED) is 0.319. The summed E-state index contributed by atoms with van der Waals surface area (Å²) < 4.78 is 7.96. The lowest BCUT2D eigenvalue weighted by atomic mass is 9.44. The lowest BCUT2D eigenvalue weighted by Crippen LogP contribution is -2.54. The van der Waals surface area contributed by atoms with Gasteiger partial charge in [-0.2, -0.15) is 4.57 Å². The maximum absolute atomic E-state index is 12.8. The van der Waals surface area contributed by atoms with Gasteiger partial charge in [0.05, 0.1) is 0 Å². The fourth-order valence-corrected chi connectivity index (χ4v) is 10.1. The molecule has 4 saturated carbocycles. The molecule has 4 aliphatic carbocycles. The van der Waals surface area contributed by atoms with Crippen molar-refractivity contribution in [1.82, 2.24) is 0 Å². The number of carboxylic acid groups (broad SMARTS) is 1. The summed E-state index contributed by atoms with van der Waals surface area (Å²) in [5.41, 5.74) is 1.85. The van der Waals surface area contributed by atoms with Crippen LogP contribution in [0.25, 0.3) is 0 Å². The highest BCUT2D eigenvalue weighted by Gasteiger charge is 2.60. The van der Waals surface area contributed by atoms with Crippen LogP contribution < -0.4 is 9.47 Å². The molecule has 0 saturated heterocycles. The number of carbonyl (C=O) groups excluding carboxylic acids is 1. The Morgan fingerprint density at radius 2 is 1.72 bits per heavy atom. The summed E-state index contributed by atoms with van der Waals surface area (Å²) in [6.45, 7) is 7.70. The molecule has 1 heterocycles. The number of hydrogen-bond donors (Lipinski definition) is 1. The van der Waals surface area contributed by atoms with E-state index in [1.807, 2.05) is 43.2 Å². The predicted molar refractivity (Wildman–Crippen MR) is 152 cm³/mol. The van der Waals surface area contributed by atoms with Crippen molar-refractivity contribution in [2.75, 3.05) is 19.0 Å². The largest absolute Gasteiger partial charge is 0.481 e. The van der Waals surface area contributed by atoms with Gasteiger partial charge >= 0.3 is 11.9 Å². The van der Waals surface area contributed by atoms with E-state index in [0.717, 1.165) is 42.7 Å². The van der Waals surface area contributed by atoms with Gasteiger partial charge < -0.3 is 14.7 Å². The maximum atomic E-state index is 12.8. The minimum absolute atomic E-state index is 0.0496. The summed E-state index contributed by atoms with van der Waals surface area (Å²) in [5, 5.41) is 9.22. The van der Waals surface area contributed by atoms with E-state index in [0.29, 0.717) is 35.0 Å². The van der Waals surface area contributed by atoms with Crippen LogP contribution in [0.15, 0.2) is 24.5 Å². The first-order valence-corrected chi connectivity index (χ1v) is 15.6. The molecule has 0 aliphatic heterocycles. The van der Waals surface area contributed by atoms with Crippen LogP contribution in [0.4, 0.5) is 5.69 Å². The lowest BCUT2D eigenvalue weighted by Gasteiger charge is -2.61. The Bertz CT molecular complexity index is 1040. The number of carboxylic acids is 1. The van der Waals surface area contributed by atoms with Crippen molar-refractivity contribution >= 4 is 17.6 Å². The Hall–Kier alpha value is -2.11. The molecule has 0 aromatic carbocycles. The SMILES string of the molecule is C[C@H](CCC(=O)O)[C@H]1CC[C@H]2[C@@H]3CC[C@@H]4C[C@H](OC(=O)C[n+]5ccc(N(C)C)cc5)CC[C@]4(C)[C@H]3CC[C@]12C. The number of pyridine rings is 1. The van der Waals surface area contributed by atoms with Gasteiger partial charge in [0.1, 0.15) is 6.10 Å². The fourth-order valence-electron chi connectivity index (χ4n) is 10.1. The second kappa shape index (κ2) is 11.0. The van der Waals surface area contributed by atoms with E-state index in [-0.39, 0.29) is 18.6 Å². The van der Waals surface area contributed by atoms with E-state index < -0.39 is 5.97 Å². The molecule has 216 valence electrons. The zero-order chi connectivity index (χ0) is 27.9. The summed E-state index contributed by atoms with van der Waals surface area (Å²) in [6, 6.07) is 4.05. The number of ether oxygens (including phenoxy) is 1. The molecule has 5 rings (SSSR count). The molecule has 4 aliphatic rings. The van der Waals surface area contributed by atoms with Crippen molar-refractivity contribution < 1.29 is 24.0 Å². The fraction of sp³-hybridized carbons (Fsp3) is 0.788. The topological polar surface area (TPSA) is 70.7 Å². The minimum Gasteiger partial charge on any atom is -0.481 e. The Morgan fingerprint density at radius 1 is 1.03 bits per heavy atom. The minimum atomic E-state index is -0.657. The molecule has 0 radical (unpaired) electrons. The third-order valence-electron chi connectivity index (χ3n) is 12.2. The molecule has 0 spiro atoms. The summed E-state index contributed by atoms with van der Waals surface area (Å²) >= 11 is 0. The average Bonchev–Trinajstić information content (AvgIpc) is 3.25. The van der Waals surface area contributed by atoms with Gasteiger partial charge in [-0.05, 0) is 111 Å². The van der Waals surface area contributed by atoms with Crippen LogP contribution in [-0.2, 0) is 20.9 Å². The Kier molecular flexibility index (Phi) is 8.05. The number of hydrogen-bond acceptors (Lipinski definition) is 4. The van der Waals surface area contributed by atoms with Crippen molar-refractivity contribution in [1.29, 1.82) is 0 Å². The van der Waals surface area contributed by atoms with Crippen molar-refractivity contribution in [2.24, 2.45) is 46.3 Å². The zero-order valence-electron chi connectivity index (χ0n) is 24.9. The van der Waals surface area contributed by atoms with Crippen LogP contribution in [0.2, 0.25) is 0 Å². The Balaban J connectivity index is 1.18. The van der Waals surface area contributed by atoms with Crippen molar-refractivity contribution in [3.8, 4) is 0 Å². The molecule has 0 amide bonds. The third-order valence-corrected chi connectivity index (χ3v) is 12.2. The van der Waals surface area contributed by atoms with Gasteiger partial charge in [0.15, 0.2) is 12.4 Å². The number of rotatable bonds is 8. The highest BCUT2D eigenvalue weighted by atomic mass is 16.5. The highest BCUT2D eigenvalue weighted by Crippen LogP contribution is 2.68. The maximum Gasteiger partial charge on any atom is 0.372 e. The summed E-state index contributed by atoms with van der Waals surface area (Å²) in [7, 11) is 4.03. The standard InChI is InChI=1S/C33H50N2O4/c1-22(6-11-30(36)37)27-9-10-28-26-8-7-23-20-25(12-16-32(23,2)29(26)13-17-33(27,28)3)39-31(38)21-35-18-14-24(15-19-35)34(4)5/h14-15,18-19,22-23,25-29H,6-13,16-17,20-21H2,1-5H3/p+1/t22-,23-,25-,26+,27-,28+,29+,32+,33-/m1/s1. The van der Waals surface area contributed by atoms with Crippen LogP contribution in [-0.4, -0.2) is 37.2 Å². The van der Waals surface area contributed by atoms with Crippen LogP contribution in [0, 0.1) is 46.3 Å². The Morgan fingerprint density at radius 3 is 2.41 bits per heavy atom. The highest BCUT2D eigenvalue weighted by molar-refractivity contribution is 5.68. The first-order chi connectivity index (χ1) is 18.5. The lowest BCUT2D eigenvalue weighted by molar-refractivity contribution is -0.686. The van der Waals surface area contributed by atoms with Gasteiger partial charge in [-0.15, -0.1) is 0 Å².